The Kier molecular flexibility index (Phi) is 12.8. The molecule has 49 heavy (non-hydrogen) atoms. The summed E-state index contributed by atoms with van der Waals surface area (Å²) in [5.41, 5.74) is -0.989. The molecular weight excluding hydrogens is 650 g/mol. The Labute approximate surface area is 283 Å². The number of alkyl halides is 5. The highest BCUT2D eigenvalue weighted by Crippen LogP contribution is 2.41. The Hall–Kier alpha value is -3.97. The Morgan fingerprint density at radius 3 is 1.86 bits per heavy atom. The van der Waals surface area contributed by atoms with E-state index < -0.39 is 29.0 Å². The molecule has 0 fully saturated rings. The number of benzene rings is 3. The minimum Gasteiger partial charge on any atom is -0.493 e. The summed E-state index contributed by atoms with van der Waals surface area (Å²) in [5.74, 6) is -4.26. The highest BCUT2D eigenvalue weighted by molar-refractivity contribution is 5.87. The topological polar surface area (TPSA) is 62.9 Å². The maximum absolute atomic E-state index is 15.1. The summed E-state index contributed by atoms with van der Waals surface area (Å²) in [6.45, 7) is 15.5. The number of hydrogen-bond acceptors (Lipinski definition) is 6. The van der Waals surface area contributed by atoms with Crippen LogP contribution in [0.4, 0.5) is 26.3 Å². The fourth-order valence-corrected chi connectivity index (χ4v) is 5.49. The molecule has 0 atom stereocenters. The zero-order valence-electron chi connectivity index (χ0n) is 28.5. The minimum absolute atomic E-state index is 0.0558. The molecule has 0 spiro atoms. The third-order valence-electron chi connectivity index (χ3n) is 8.28. The molecule has 3 aromatic carbocycles. The van der Waals surface area contributed by atoms with E-state index in [1.165, 1.54) is 12.1 Å². The van der Waals surface area contributed by atoms with Gasteiger partial charge >= 0.3 is 6.18 Å². The number of aromatic nitrogens is 2. The van der Waals surface area contributed by atoms with Crippen LogP contribution in [0.3, 0.4) is 0 Å². The third kappa shape index (κ3) is 10.0. The second-order valence-corrected chi connectivity index (χ2v) is 11.7. The normalized spacial score (nSPS) is 12.3. The monoisotopic (exact) mass is 694 g/mol. The number of fused-ring (bicyclic) bond motifs is 1. The van der Waals surface area contributed by atoms with Crippen LogP contribution >= 0.6 is 0 Å². The molecule has 0 aliphatic carbocycles. The van der Waals surface area contributed by atoms with Crippen LogP contribution in [0, 0.1) is 5.82 Å². The van der Waals surface area contributed by atoms with E-state index in [1.807, 2.05) is 0 Å². The second kappa shape index (κ2) is 16.6. The Morgan fingerprint density at radius 2 is 1.29 bits per heavy atom. The van der Waals surface area contributed by atoms with Crippen molar-refractivity contribution in [3.63, 3.8) is 0 Å². The van der Waals surface area contributed by atoms with Gasteiger partial charge in [-0.2, -0.15) is 13.2 Å². The molecule has 0 radical (unpaired) electrons. The number of H-pyrrole nitrogens is 1. The quantitative estimate of drug-likeness (QED) is 0.0827. The molecule has 7 nitrogen and oxygen atoms in total. The zero-order valence-corrected chi connectivity index (χ0v) is 28.5. The van der Waals surface area contributed by atoms with Gasteiger partial charge in [0.25, 0.3) is 5.92 Å². The number of imidazole rings is 1. The number of halogens is 6. The molecule has 13 heteroatoms. The highest BCUT2D eigenvalue weighted by Gasteiger charge is 2.35. The lowest BCUT2D eigenvalue weighted by Crippen LogP contribution is -2.25. The molecule has 1 heterocycles. The van der Waals surface area contributed by atoms with Crippen LogP contribution in [0.25, 0.3) is 22.4 Å². The van der Waals surface area contributed by atoms with Crippen LogP contribution in [0.1, 0.15) is 58.6 Å². The van der Waals surface area contributed by atoms with E-state index in [2.05, 4.69) is 47.5 Å². The largest absolute Gasteiger partial charge is 0.493 e. The van der Waals surface area contributed by atoms with Crippen molar-refractivity contribution < 1.29 is 40.6 Å². The van der Waals surface area contributed by atoms with Gasteiger partial charge in [-0.3, -0.25) is 0 Å². The van der Waals surface area contributed by atoms with Crippen LogP contribution < -0.4 is 14.2 Å². The predicted octanol–water partition coefficient (Wildman–Crippen LogP) is 9.51. The van der Waals surface area contributed by atoms with Gasteiger partial charge in [0.2, 0.25) is 0 Å². The molecule has 0 saturated carbocycles. The maximum atomic E-state index is 15.1. The van der Waals surface area contributed by atoms with Crippen LogP contribution in [0.5, 0.6) is 23.0 Å². The molecule has 4 aromatic rings. The second-order valence-electron chi connectivity index (χ2n) is 11.7. The summed E-state index contributed by atoms with van der Waals surface area (Å²) < 4.78 is 101. The van der Waals surface area contributed by atoms with Gasteiger partial charge < -0.3 is 29.0 Å². The van der Waals surface area contributed by atoms with E-state index in [4.69, 9.17) is 14.2 Å². The van der Waals surface area contributed by atoms with Gasteiger partial charge in [0.05, 0.1) is 24.3 Å². The first-order valence-corrected chi connectivity index (χ1v) is 16.6. The van der Waals surface area contributed by atoms with Crippen molar-refractivity contribution in [3.05, 3.63) is 65.5 Å². The molecule has 268 valence electrons. The number of ether oxygens (including phenoxy) is 3. The smallest absolute Gasteiger partial charge is 0.419 e. The van der Waals surface area contributed by atoms with Crippen LogP contribution in [-0.2, 0) is 12.1 Å². The van der Waals surface area contributed by atoms with Crippen molar-refractivity contribution in [2.75, 3.05) is 52.5 Å². The van der Waals surface area contributed by atoms with E-state index in [0.717, 1.165) is 64.2 Å². The van der Waals surface area contributed by atoms with E-state index in [0.29, 0.717) is 54.8 Å². The van der Waals surface area contributed by atoms with Crippen molar-refractivity contribution >= 4 is 11.0 Å². The van der Waals surface area contributed by atoms with E-state index in [-0.39, 0.29) is 22.9 Å². The van der Waals surface area contributed by atoms with Crippen molar-refractivity contribution in [2.24, 2.45) is 0 Å². The Bertz CT molecular complexity index is 1660. The van der Waals surface area contributed by atoms with Crippen LogP contribution in [-0.4, -0.2) is 72.3 Å². The molecule has 0 saturated heterocycles. The molecule has 0 unspecified atom stereocenters. The Morgan fingerprint density at radius 1 is 0.714 bits per heavy atom. The molecule has 0 aliphatic heterocycles. The number of rotatable bonds is 18. The van der Waals surface area contributed by atoms with Gasteiger partial charge in [-0.05, 0) is 75.4 Å². The lowest BCUT2D eigenvalue weighted by molar-refractivity contribution is -0.140. The summed E-state index contributed by atoms with van der Waals surface area (Å²) >= 11 is 0. The molecule has 0 aliphatic rings. The van der Waals surface area contributed by atoms with Gasteiger partial charge in [-0.1, -0.05) is 27.7 Å². The van der Waals surface area contributed by atoms with Crippen molar-refractivity contribution in [2.45, 2.75) is 59.6 Å². The number of hydrogen-bond donors (Lipinski definition) is 1. The summed E-state index contributed by atoms with van der Waals surface area (Å²) in [6.07, 6.45) is -3.38. The van der Waals surface area contributed by atoms with Gasteiger partial charge in [0.15, 0.2) is 5.75 Å². The van der Waals surface area contributed by atoms with E-state index in [1.54, 1.807) is 12.1 Å². The predicted molar refractivity (Wildman–Crippen MR) is 178 cm³/mol. The van der Waals surface area contributed by atoms with Gasteiger partial charge in [-0.15, -0.1) is 0 Å². The fraction of sp³-hybridized carbons (Fsp3) is 0.472. The molecule has 0 bridgehead atoms. The third-order valence-corrected chi connectivity index (χ3v) is 8.28. The number of nitrogens with zero attached hydrogens (tertiary/aromatic N) is 3. The SMILES string of the molecule is CCN(CC)CCCOc1cc(OCCCN(CC)CC)c2nc(-c3ccc(Oc4ccc(F)c(C(F)(F)F)c4)cc3C(C)(F)F)[nH]c2c1. The first kappa shape index (κ1) is 37.8. The number of aromatic amines is 1. The highest BCUT2D eigenvalue weighted by atomic mass is 19.4. The van der Waals surface area contributed by atoms with Crippen molar-refractivity contribution in [1.82, 2.24) is 19.8 Å². The fourth-order valence-electron chi connectivity index (χ4n) is 5.49. The zero-order chi connectivity index (χ0) is 35.8. The first-order valence-electron chi connectivity index (χ1n) is 16.6. The average Bonchev–Trinajstić information content (AvgIpc) is 3.49. The van der Waals surface area contributed by atoms with Crippen LogP contribution in [0.2, 0.25) is 0 Å². The van der Waals surface area contributed by atoms with Crippen molar-refractivity contribution in [1.29, 1.82) is 0 Å². The van der Waals surface area contributed by atoms with Crippen molar-refractivity contribution in [3.8, 4) is 34.4 Å². The molecule has 4 rings (SSSR count). The molecule has 1 aromatic heterocycles. The molecule has 1 N–H and O–H groups in total. The van der Waals surface area contributed by atoms with Gasteiger partial charge in [-0.25, -0.2) is 18.2 Å². The number of nitrogens with one attached hydrogen (secondary N) is 1. The lowest BCUT2D eigenvalue weighted by atomic mass is 10.0. The lowest BCUT2D eigenvalue weighted by Gasteiger charge is -2.18. The van der Waals surface area contributed by atoms with Crippen LogP contribution in [0.15, 0.2) is 48.5 Å². The molecule has 0 amide bonds. The van der Waals surface area contributed by atoms with Gasteiger partial charge in [0.1, 0.15) is 34.4 Å². The maximum Gasteiger partial charge on any atom is 0.419 e. The van der Waals surface area contributed by atoms with E-state index >= 15 is 8.78 Å². The Balaban J connectivity index is 1.66. The first-order chi connectivity index (χ1) is 23.3. The summed E-state index contributed by atoms with van der Waals surface area (Å²) in [6, 6.07) is 9.32. The minimum atomic E-state index is -4.96. The standard InChI is InChI=1S/C36H44F6N4O3/c1-6-45(7-2)16-10-18-47-26-22-31-33(32(23-26)48-19-11-17-46(8-3)9-4)44-34(43-31)27-14-12-24(20-28(27)35(5,38)39)49-25-13-15-30(37)29(21-25)36(40,41)42/h12-15,20-23H,6-11,16-19H2,1-5H3,(H,43,44). The van der Waals surface area contributed by atoms with Gasteiger partial charge in [0, 0.05) is 43.3 Å². The summed E-state index contributed by atoms with van der Waals surface area (Å²) in [7, 11) is 0. The summed E-state index contributed by atoms with van der Waals surface area (Å²) in [5, 5.41) is 0. The average molecular weight is 695 g/mol. The summed E-state index contributed by atoms with van der Waals surface area (Å²) in [4.78, 5) is 12.4. The van der Waals surface area contributed by atoms with E-state index in [9.17, 15) is 17.6 Å². The molecular formula is C36H44F6N4O3.